The molecule has 0 aliphatic carbocycles. The maximum atomic E-state index is 12.4. The number of amides is 1. The zero-order chi connectivity index (χ0) is 20.8. The number of fused-ring (bicyclic) bond motifs is 1. The molecule has 3 aromatic rings. The van der Waals surface area contributed by atoms with Crippen molar-refractivity contribution in [3.05, 3.63) is 101 Å². The third-order valence-electron chi connectivity index (χ3n) is 5.65. The molecule has 0 saturated heterocycles. The minimum atomic E-state index is 0.00491. The molecule has 1 aliphatic heterocycles. The first kappa shape index (κ1) is 20.7. The first-order chi connectivity index (χ1) is 14.7. The van der Waals surface area contributed by atoms with Crippen molar-refractivity contribution in [1.29, 1.82) is 0 Å². The van der Waals surface area contributed by atoms with Crippen molar-refractivity contribution in [3.63, 3.8) is 0 Å². The molecular formula is C26H29N2OS+. The fraction of sp³-hybridized carbons (Fsp3) is 0.269. The third-order valence-corrected chi connectivity index (χ3v) is 6.67. The van der Waals surface area contributed by atoms with Crippen LogP contribution >= 0.6 is 11.8 Å². The van der Waals surface area contributed by atoms with Gasteiger partial charge in [-0.25, -0.2) is 0 Å². The number of rotatable bonds is 7. The molecule has 3 nitrogen and oxygen atoms in total. The number of hydrogen-bond donors (Lipinski definition) is 2. The van der Waals surface area contributed by atoms with Gasteiger partial charge in [-0.05, 0) is 36.8 Å². The summed E-state index contributed by atoms with van der Waals surface area (Å²) in [5.74, 6) is 0.873. The van der Waals surface area contributed by atoms with Crippen LogP contribution in [0.1, 0.15) is 32.6 Å². The van der Waals surface area contributed by atoms with Crippen LogP contribution in [0.4, 0.5) is 0 Å². The molecule has 1 atom stereocenters. The smallest absolute Gasteiger partial charge is 0.251 e. The van der Waals surface area contributed by atoms with Gasteiger partial charge in [0.05, 0.1) is 6.54 Å². The highest BCUT2D eigenvalue weighted by atomic mass is 32.2. The summed E-state index contributed by atoms with van der Waals surface area (Å²) in [6.07, 6.45) is 1.15. The molecule has 0 bridgehead atoms. The summed E-state index contributed by atoms with van der Waals surface area (Å²) in [5.41, 5.74) is 6.25. The topological polar surface area (TPSA) is 33.5 Å². The summed E-state index contributed by atoms with van der Waals surface area (Å²) in [6, 6.07) is 25.4. The van der Waals surface area contributed by atoms with E-state index >= 15 is 0 Å². The van der Waals surface area contributed by atoms with Crippen LogP contribution in [-0.2, 0) is 19.5 Å². The van der Waals surface area contributed by atoms with Crippen molar-refractivity contribution in [2.75, 3.05) is 18.8 Å². The van der Waals surface area contributed by atoms with Crippen LogP contribution in [0.25, 0.3) is 0 Å². The van der Waals surface area contributed by atoms with E-state index in [1.807, 2.05) is 12.1 Å². The Balaban J connectivity index is 1.23. The maximum absolute atomic E-state index is 12.4. The number of thioether (sulfide) groups is 1. The quantitative estimate of drug-likeness (QED) is 0.454. The summed E-state index contributed by atoms with van der Waals surface area (Å²) in [4.78, 5) is 15.2. The standard InChI is InChI=1S/C26H28N2OS/c1-20-6-12-25(13-7-20)30-17-15-27-26(29)23-10-8-21(9-11-23)18-28-16-14-22-4-2-3-5-24(22)19-28/h2-13H,14-19H2,1H3,(H,27,29)/p+1. The number of carbonyl (C=O) groups excluding carboxylic acids is 1. The van der Waals surface area contributed by atoms with Gasteiger partial charge in [0.15, 0.2) is 0 Å². The van der Waals surface area contributed by atoms with Crippen LogP contribution in [0.15, 0.2) is 77.7 Å². The fourth-order valence-electron chi connectivity index (χ4n) is 3.93. The molecule has 0 spiro atoms. The van der Waals surface area contributed by atoms with Crippen LogP contribution in [0.5, 0.6) is 0 Å². The largest absolute Gasteiger partial charge is 0.351 e. The minimum absolute atomic E-state index is 0.00491. The van der Waals surface area contributed by atoms with Gasteiger partial charge in [-0.2, -0.15) is 0 Å². The van der Waals surface area contributed by atoms with E-state index in [9.17, 15) is 4.79 Å². The van der Waals surface area contributed by atoms with Crippen molar-refractivity contribution in [2.24, 2.45) is 0 Å². The van der Waals surface area contributed by atoms with Gasteiger partial charge in [0.1, 0.15) is 13.1 Å². The third kappa shape index (κ3) is 5.53. The number of benzene rings is 3. The Hall–Kier alpha value is -2.56. The molecule has 1 amide bonds. The van der Waals surface area contributed by atoms with Crippen molar-refractivity contribution in [3.8, 4) is 0 Å². The Morgan fingerprint density at radius 3 is 2.47 bits per heavy atom. The van der Waals surface area contributed by atoms with Crippen LogP contribution in [-0.4, -0.2) is 24.7 Å². The molecule has 0 radical (unpaired) electrons. The molecule has 1 heterocycles. The Morgan fingerprint density at radius 1 is 0.967 bits per heavy atom. The second-order valence-corrected chi connectivity index (χ2v) is 9.15. The average Bonchev–Trinajstić information content (AvgIpc) is 2.78. The van der Waals surface area contributed by atoms with Gasteiger partial charge in [0.2, 0.25) is 0 Å². The summed E-state index contributed by atoms with van der Waals surface area (Å²) < 4.78 is 0. The number of quaternary nitrogens is 1. The molecule has 2 N–H and O–H groups in total. The first-order valence-corrected chi connectivity index (χ1v) is 11.6. The van der Waals surface area contributed by atoms with Gasteiger partial charge < -0.3 is 10.2 Å². The van der Waals surface area contributed by atoms with E-state index in [-0.39, 0.29) is 5.91 Å². The highest BCUT2D eigenvalue weighted by Crippen LogP contribution is 2.17. The molecule has 30 heavy (non-hydrogen) atoms. The zero-order valence-corrected chi connectivity index (χ0v) is 18.3. The van der Waals surface area contributed by atoms with E-state index in [2.05, 4.69) is 72.9 Å². The summed E-state index contributed by atoms with van der Waals surface area (Å²) in [5, 5.41) is 3.03. The summed E-state index contributed by atoms with van der Waals surface area (Å²) >= 11 is 1.77. The Morgan fingerprint density at radius 2 is 1.70 bits per heavy atom. The first-order valence-electron chi connectivity index (χ1n) is 10.6. The molecule has 3 aromatic carbocycles. The van der Waals surface area contributed by atoms with Gasteiger partial charge in [-0.1, -0.05) is 54.1 Å². The zero-order valence-electron chi connectivity index (χ0n) is 17.5. The maximum Gasteiger partial charge on any atom is 0.251 e. The monoisotopic (exact) mass is 417 g/mol. The van der Waals surface area contributed by atoms with E-state index in [4.69, 9.17) is 0 Å². The normalized spacial score (nSPS) is 15.4. The van der Waals surface area contributed by atoms with E-state index in [0.29, 0.717) is 6.54 Å². The molecule has 1 aliphatic rings. The van der Waals surface area contributed by atoms with E-state index in [1.165, 1.54) is 27.1 Å². The van der Waals surface area contributed by atoms with E-state index in [1.54, 1.807) is 16.7 Å². The van der Waals surface area contributed by atoms with Gasteiger partial charge in [0, 0.05) is 40.3 Å². The van der Waals surface area contributed by atoms with Crippen LogP contribution < -0.4 is 10.2 Å². The van der Waals surface area contributed by atoms with Crippen molar-refractivity contribution >= 4 is 17.7 Å². The predicted octanol–water partition coefficient (Wildman–Crippen LogP) is 3.66. The molecule has 154 valence electrons. The molecule has 1 unspecified atom stereocenters. The van der Waals surface area contributed by atoms with Crippen LogP contribution in [0, 0.1) is 6.92 Å². The minimum Gasteiger partial charge on any atom is -0.351 e. The molecule has 0 fully saturated rings. The van der Waals surface area contributed by atoms with Crippen molar-refractivity contribution in [1.82, 2.24) is 5.32 Å². The van der Waals surface area contributed by atoms with E-state index < -0.39 is 0 Å². The van der Waals surface area contributed by atoms with E-state index in [0.717, 1.165) is 37.4 Å². The molecule has 4 heteroatoms. The lowest BCUT2D eigenvalue weighted by molar-refractivity contribution is -0.929. The SMILES string of the molecule is Cc1ccc(SCCNC(=O)c2ccc(C[NH+]3CCc4ccccc4C3)cc2)cc1. The highest BCUT2D eigenvalue weighted by molar-refractivity contribution is 7.99. The average molecular weight is 418 g/mol. The van der Waals surface area contributed by atoms with Gasteiger partial charge >= 0.3 is 0 Å². The number of carbonyl (C=O) groups is 1. The highest BCUT2D eigenvalue weighted by Gasteiger charge is 2.19. The Bertz CT molecular complexity index is 983. The summed E-state index contributed by atoms with van der Waals surface area (Å²) in [7, 11) is 0. The van der Waals surface area contributed by atoms with Gasteiger partial charge in [-0.3, -0.25) is 4.79 Å². The lowest BCUT2D eigenvalue weighted by atomic mass is 9.99. The summed E-state index contributed by atoms with van der Waals surface area (Å²) in [6.45, 7) is 6.00. The van der Waals surface area contributed by atoms with Gasteiger partial charge in [-0.15, -0.1) is 11.8 Å². The lowest BCUT2D eigenvalue weighted by Crippen LogP contribution is -3.10. The Kier molecular flexibility index (Phi) is 6.88. The Labute approximate surface area is 183 Å². The molecular weight excluding hydrogens is 388 g/mol. The van der Waals surface area contributed by atoms with Crippen molar-refractivity contribution in [2.45, 2.75) is 31.3 Å². The number of aryl methyl sites for hydroxylation is 1. The molecule has 4 rings (SSSR count). The second kappa shape index (κ2) is 9.96. The number of hydrogen-bond acceptors (Lipinski definition) is 2. The van der Waals surface area contributed by atoms with Gasteiger partial charge in [0.25, 0.3) is 5.91 Å². The molecule has 0 saturated carbocycles. The van der Waals surface area contributed by atoms with Crippen LogP contribution in [0.2, 0.25) is 0 Å². The predicted molar refractivity (Wildman–Crippen MR) is 124 cm³/mol. The van der Waals surface area contributed by atoms with Crippen molar-refractivity contribution < 1.29 is 9.69 Å². The molecule has 0 aromatic heterocycles. The second-order valence-electron chi connectivity index (χ2n) is 7.99. The number of nitrogens with one attached hydrogen (secondary N) is 2. The fourth-order valence-corrected chi connectivity index (χ4v) is 4.69. The van der Waals surface area contributed by atoms with Crippen LogP contribution in [0.3, 0.4) is 0 Å². The lowest BCUT2D eigenvalue weighted by Gasteiger charge is -2.26.